The number of aromatic nitrogens is 3. The fraction of sp³-hybridized carbons (Fsp3) is 0.714. The van der Waals surface area contributed by atoms with Crippen LogP contribution in [-0.2, 0) is 21.4 Å². The molecular weight excluding hydrogens is 286 g/mol. The lowest BCUT2D eigenvalue weighted by molar-refractivity contribution is -0.143. The number of ether oxygens (including phenoxy) is 1. The second kappa shape index (κ2) is 6.43. The Morgan fingerprint density at radius 1 is 1.32 bits per heavy atom. The maximum atomic E-state index is 12.2. The molecule has 2 aliphatic heterocycles. The molecule has 2 amide bonds. The van der Waals surface area contributed by atoms with E-state index in [9.17, 15) is 9.59 Å². The smallest absolute Gasteiger partial charge is 0.251 e. The van der Waals surface area contributed by atoms with Crippen molar-refractivity contribution in [2.24, 2.45) is 13.0 Å². The first-order valence-electron chi connectivity index (χ1n) is 7.70. The number of aryl methyl sites for hydroxylation is 1. The summed E-state index contributed by atoms with van der Waals surface area (Å²) < 4.78 is 6.97. The van der Waals surface area contributed by atoms with Crippen LogP contribution >= 0.6 is 0 Å². The summed E-state index contributed by atoms with van der Waals surface area (Å²) >= 11 is 0. The van der Waals surface area contributed by atoms with E-state index in [0.717, 1.165) is 12.8 Å². The molecule has 0 aromatic carbocycles. The molecule has 2 saturated heterocycles. The number of carbonyl (C=O) groups is 2. The minimum Gasteiger partial charge on any atom is -0.368 e. The van der Waals surface area contributed by atoms with Gasteiger partial charge in [-0.05, 0) is 25.7 Å². The summed E-state index contributed by atoms with van der Waals surface area (Å²) in [6.07, 6.45) is 4.35. The maximum absolute atomic E-state index is 12.2. The Hall–Kier alpha value is -1.96. The monoisotopic (exact) mass is 307 g/mol. The third-order valence-corrected chi connectivity index (χ3v) is 4.22. The Morgan fingerprint density at radius 3 is 2.68 bits per heavy atom. The van der Waals surface area contributed by atoms with Crippen molar-refractivity contribution < 1.29 is 14.3 Å². The number of anilines is 1. The van der Waals surface area contributed by atoms with Crippen molar-refractivity contribution in [1.29, 1.82) is 0 Å². The highest BCUT2D eigenvalue weighted by Gasteiger charge is 2.32. The van der Waals surface area contributed by atoms with E-state index in [-0.39, 0.29) is 23.8 Å². The molecule has 0 radical (unpaired) electrons. The standard InChI is InChI=1S/C14H21N5O3/c1-18-9-15-14(17-18)16-12(20)10-4-6-19(7-5-10)13(21)11-3-2-8-22-11/h9-11H,2-8H2,1H3,(H,16,17,20). The number of nitrogens with one attached hydrogen (secondary N) is 1. The lowest BCUT2D eigenvalue weighted by atomic mass is 9.95. The summed E-state index contributed by atoms with van der Waals surface area (Å²) in [5.74, 6) is 0.223. The zero-order chi connectivity index (χ0) is 15.5. The molecule has 0 bridgehead atoms. The predicted molar refractivity (Wildman–Crippen MR) is 77.9 cm³/mol. The van der Waals surface area contributed by atoms with Crippen LogP contribution in [0.3, 0.4) is 0 Å². The first kappa shape index (κ1) is 15.0. The molecule has 22 heavy (non-hydrogen) atoms. The zero-order valence-electron chi connectivity index (χ0n) is 12.7. The Morgan fingerprint density at radius 2 is 2.09 bits per heavy atom. The molecule has 3 rings (SSSR count). The zero-order valence-corrected chi connectivity index (χ0v) is 12.7. The largest absolute Gasteiger partial charge is 0.368 e. The summed E-state index contributed by atoms with van der Waals surface area (Å²) in [6.45, 7) is 1.88. The Labute approximate surface area is 128 Å². The Kier molecular flexibility index (Phi) is 4.37. The number of carbonyl (C=O) groups excluding carboxylic acids is 2. The Bertz CT molecular complexity index is 544. The van der Waals surface area contributed by atoms with Crippen LogP contribution < -0.4 is 5.32 Å². The SMILES string of the molecule is Cn1cnc(NC(=O)C2CCN(C(=O)C3CCCO3)CC2)n1. The van der Waals surface area contributed by atoms with E-state index in [1.807, 2.05) is 4.90 Å². The molecule has 8 heteroatoms. The quantitative estimate of drug-likeness (QED) is 0.860. The van der Waals surface area contributed by atoms with Crippen molar-refractivity contribution in [2.75, 3.05) is 25.0 Å². The highest BCUT2D eigenvalue weighted by molar-refractivity contribution is 5.91. The van der Waals surface area contributed by atoms with Gasteiger partial charge in [0.1, 0.15) is 12.4 Å². The van der Waals surface area contributed by atoms with Crippen LogP contribution in [0.25, 0.3) is 0 Å². The first-order valence-corrected chi connectivity index (χ1v) is 7.70. The first-order chi connectivity index (χ1) is 10.6. The van der Waals surface area contributed by atoms with E-state index < -0.39 is 0 Å². The van der Waals surface area contributed by atoms with Gasteiger partial charge in [-0.2, -0.15) is 0 Å². The van der Waals surface area contributed by atoms with Gasteiger partial charge < -0.3 is 9.64 Å². The van der Waals surface area contributed by atoms with Gasteiger partial charge in [0.05, 0.1) is 0 Å². The van der Waals surface area contributed by atoms with E-state index in [1.54, 1.807) is 18.1 Å². The summed E-state index contributed by atoms with van der Waals surface area (Å²) in [5, 5.41) is 6.76. The van der Waals surface area contributed by atoms with Crippen molar-refractivity contribution in [3.05, 3.63) is 6.33 Å². The molecule has 1 N–H and O–H groups in total. The number of amides is 2. The molecule has 1 unspecified atom stereocenters. The molecule has 0 spiro atoms. The average Bonchev–Trinajstić information content (AvgIpc) is 3.18. The third-order valence-electron chi connectivity index (χ3n) is 4.22. The van der Waals surface area contributed by atoms with Crippen LogP contribution in [0.2, 0.25) is 0 Å². The lowest BCUT2D eigenvalue weighted by Gasteiger charge is -2.32. The van der Waals surface area contributed by atoms with Crippen molar-refractivity contribution >= 4 is 17.8 Å². The molecule has 1 atom stereocenters. The van der Waals surface area contributed by atoms with Crippen molar-refractivity contribution in [3.63, 3.8) is 0 Å². The van der Waals surface area contributed by atoms with Gasteiger partial charge in [0.25, 0.3) is 5.91 Å². The van der Waals surface area contributed by atoms with E-state index in [2.05, 4.69) is 15.4 Å². The fourth-order valence-corrected chi connectivity index (χ4v) is 2.95. The van der Waals surface area contributed by atoms with E-state index in [1.165, 1.54) is 0 Å². The summed E-state index contributed by atoms with van der Waals surface area (Å²) in [6, 6.07) is 0. The minimum atomic E-state index is -0.275. The van der Waals surface area contributed by atoms with E-state index >= 15 is 0 Å². The van der Waals surface area contributed by atoms with Crippen LogP contribution in [0.15, 0.2) is 6.33 Å². The molecule has 2 fully saturated rings. The number of nitrogens with zero attached hydrogens (tertiary/aromatic N) is 4. The molecule has 0 saturated carbocycles. The third kappa shape index (κ3) is 3.27. The van der Waals surface area contributed by atoms with Gasteiger partial charge >= 0.3 is 0 Å². The van der Waals surface area contributed by atoms with Crippen LogP contribution in [0.4, 0.5) is 5.95 Å². The lowest BCUT2D eigenvalue weighted by Crippen LogP contribution is -2.45. The van der Waals surface area contributed by atoms with Crippen molar-refractivity contribution in [1.82, 2.24) is 19.7 Å². The highest BCUT2D eigenvalue weighted by atomic mass is 16.5. The van der Waals surface area contributed by atoms with Gasteiger partial charge in [-0.1, -0.05) is 0 Å². The van der Waals surface area contributed by atoms with Gasteiger partial charge in [-0.25, -0.2) is 4.98 Å². The number of piperidine rings is 1. The topological polar surface area (TPSA) is 89.4 Å². The molecule has 120 valence electrons. The van der Waals surface area contributed by atoms with Gasteiger partial charge in [-0.3, -0.25) is 19.6 Å². The Balaban J connectivity index is 1.48. The summed E-state index contributed by atoms with van der Waals surface area (Å²) in [7, 11) is 1.75. The van der Waals surface area contributed by atoms with E-state index in [4.69, 9.17) is 4.74 Å². The maximum Gasteiger partial charge on any atom is 0.251 e. The normalized spacial score (nSPS) is 22.8. The van der Waals surface area contributed by atoms with Gasteiger partial charge in [0.15, 0.2) is 0 Å². The van der Waals surface area contributed by atoms with Gasteiger partial charge in [0, 0.05) is 32.7 Å². The second-order valence-corrected chi connectivity index (χ2v) is 5.83. The number of hydrogen-bond acceptors (Lipinski definition) is 5. The van der Waals surface area contributed by atoms with Crippen molar-refractivity contribution in [3.8, 4) is 0 Å². The van der Waals surface area contributed by atoms with Gasteiger partial charge in [0.2, 0.25) is 11.9 Å². The molecule has 0 aliphatic carbocycles. The van der Waals surface area contributed by atoms with Crippen LogP contribution in [0.5, 0.6) is 0 Å². The van der Waals surface area contributed by atoms with Gasteiger partial charge in [-0.15, -0.1) is 5.10 Å². The minimum absolute atomic E-state index is 0.0720. The number of hydrogen-bond donors (Lipinski definition) is 1. The molecular formula is C14H21N5O3. The average molecular weight is 307 g/mol. The van der Waals surface area contributed by atoms with Crippen LogP contribution in [-0.4, -0.2) is 57.3 Å². The molecule has 8 nitrogen and oxygen atoms in total. The predicted octanol–water partition coefficient (Wildman–Crippen LogP) is 0.171. The van der Waals surface area contributed by atoms with Crippen LogP contribution in [0.1, 0.15) is 25.7 Å². The van der Waals surface area contributed by atoms with Crippen molar-refractivity contribution in [2.45, 2.75) is 31.8 Å². The molecule has 1 aromatic heterocycles. The molecule has 2 aliphatic rings. The number of rotatable bonds is 3. The second-order valence-electron chi connectivity index (χ2n) is 5.83. The molecule has 1 aromatic rings. The van der Waals surface area contributed by atoms with Crippen LogP contribution in [0, 0.1) is 5.92 Å². The summed E-state index contributed by atoms with van der Waals surface area (Å²) in [4.78, 5) is 30.2. The fourth-order valence-electron chi connectivity index (χ4n) is 2.95. The summed E-state index contributed by atoms with van der Waals surface area (Å²) in [5.41, 5.74) is 0. The molecule has 3 heterocycles. The highest BCUT2D eigenvalue weighted by Crippen LogP contribution is 2.22. The number of likely N-dealkylation sites (tertiary alicyclic amines) is 1. The van der Waals surface area contributed by atoms with E-state index in [0.29, 0.717) is 38.5 Å².